The number of benzene rings is 9. The molecule has 0 aliphatic heterocycles. The van der Waals surface area contributed by atoms with Gasteiger partial charge in [0.25, 0.3) is 0 Å². The molecule has 0 aliphatic carbocycles. The van der Waals surface area contributed by atoms with Gasteiger partial charge in [0.05, 0.1) is 27.8 Å². The number of nitrogens with zero attached hydrogens (tertiary/aromatic N) is 5. The lowest BCUT2D eigenvalue weighted by Gasteiger charge is -2.18. The average molecular weight is 806 g/mol. The van der Waals surface area contributed by atoms with E-state index in [0.29, 0.717) is 17.6 Å². The largest absolute Gasteiger partial charge is 0.456 e. The fraction of sp³-hybridized carbons (Fsp3) is 0. The topological polar surface area (TPSA) is 61.7 Å². The van der Waals surface area contributed by atoms with Crippen LogP contribution in [0.4, 0.5) is 0 Å². The summed E-state index contributed by atoms with van der Waals surface area (Å²) in [4.78, 5) is 16.0. The summed E-state index contributed by atoms with van der Waals surface area (Å²) in [6, 6.07) is 74.6. The zero-order valence-corrected chi connectivity index (χ0v) is 33.9. The molecule has 0 unspecified atom stereocenters. The Hall–Kier alpha value is -8.61. The number of para-hydroxylation sites is 4. The Morgan fingerprint density at radius 3 is 1.57 bits per heavy atom. The van der Waals surface area contributed by atoms with Crippen LogP contribution in [-0.2, 0) is 0 Å². The summed E-state index contributed by atoms with van der Waals surface area (Å²) in [5.74, 6) is 1.70. The van der Waals surface area contributed by atoms with E-state index in [1.54, 1.807) is 0 Å². The van der Waals surface area contributed by atoms with Gasteiger partial charge in [0, 0.05) is 49.0 Å². The summed E-state index contributed by atoms with van der Waals surface area (Å²) in [7, 11) is 0. The molecule has 6 nitrogen and oxygen atoms in total. The zero-order valence-electron chi connectivity index (χ0n) is 33.9. The fourth-order valence-corrected chi connectivity index (χ4v) is 9.62. The van der Waals surface area contributed by atoms with Crippen LogP contribution in [-0.4, -0.2) is 24.1 Å². The molecule has 0 bridgehead atoms. The third-order valence-electron chi connectivity index (χ3n) is 12.4. The van der Waals surface area contributed by atoms with Crippen LogP contribution in [0.25, 0.3) is 122 Å². The monoisotopic (exact) mass is 805 g/mol. The van der Waals surface area contributed by atoms with Crippen molar-refractivity contribution in [3.05, 3.63) is 212 Å². The van der Waals surface area contributed by atoms with Crippen LogP contribution in [0.1, 0.15) is 0 Å². The maximum Gasteiger partial charge on any atom is 0.238 e. The Bertz CT molecular complexity index is 3920. The molecule has 63 heavy (non-hydrogen) atoms. The normalized spacial score (nSPS) is 11.8. The molecule has 0 amide bonds. The lowest BCUT2D eigenvalue weighted by atomic mass is 9.93. The molecule has 0 aliphatic rings. The molecule has 0 saturated heterocycles. The number of aromatic nitrogens is 5. The van der Waals surface area contributed by atoms with E-state index in [4.69, 9.17) is 19.4 Å². The van der Waals surface area contributed by atoms with Crippen LogP contribution in [0.5, 0.6) is 0 Å². The first-order valence-electron chi connectivity index (χ1n) is 21.2. The predicted octanol–water partition coefficient (Wildman–Crippen LogP) is 14.6. The zero-order chi connectivity index (χ0) is 41.4. The minimum Gasteiger partial charge on any atom is -0.456 e. The Morgan fingerprint density at radius 1 is 0.317 bits per heavy atom. The number of fused-ring (bicyclic) bond motifs is 10. The van der Waals surface area contributed by atoms with Gasteiger partial charge in [0.2, 0.25) is 5.95 Å². The van der Waals surface area contributed by atoms with Gasteiger partial charge in [0.1, 0.15) is 11.2 Å². The van der Waals surface area contributed by atoms with Gasteiger partial charge in [-0.1, -0.05) is 170 Å². The van der Waals surface area contributed by atoms with E-state index in [9.17, 15) is 0 Å². The molecular weight excluding hydrogens is 771 g/mol. The van der Waals surface area contributed by atoms with Gasteiger partial charge in [-0.2, -0.15) is 9.97 Å². The molecule has 0 atom stereocenters. The van der Waals surface area contributed by atoms with Gasteiger partial charge in [-0.05, 0) is 59.2 Å². The highest BCUT2D eigenvalue weighted by atomic mass is 16.3. The summed E-state index contributed by atoms with van der Waals surface area (Å²) in [6.45, 7) is 0. The van der Waals surface area contributed by atoms with E-state index < -0.39 is 0 Å². The lowest BCUT2D eigenvalue weighted by Crippen LogP contribution is -2.07. The maximum absolute atomic E-state index is 6.23. The van der Waals surface area contributed by atoms with E-state index in [1.807, 2.05) is 48.5 Å². The van der Waals surface area contributed by atoms with E-state index in [1.165, 1.54) is 16.5 Å². The second-order valence-corrected chi connectivity index (χ2v) is 15.9. The van der Waals surface area contributed by atoms with Crippen molar-refractivity contribution >= 4 is 65.6 Å². The first kappa shape index (κ1) is 35.2. The third-order valence-corrected chi connectivity index (χ3v) is 12.4. The maximum atomic E-state index is 6.23. The summed E-state index contributed by atoms with van der Waals surface area (Å²) < 4.78 is 10.9. The van der Waals surface area contributed by atoms with Gasteiger partial charge in [-0.3, -0.25) is 4.57 Å². The molecule has 4 aromatic heterocycles. The summed E-state index contributed by atoms with van der Waals surface area (Å²) in [5, 5.41) is 6.60. The lowest BCUT2D eigenvalue weighted by molar-refractivity contribution is 0.669. The van der Waals surface area contributed by atoms with Crippen molar-refractivity contribution in [3.8, 4) is 56.7 Å². The van der Waals surface area contributed by atoms with Crippen LogP contribution >= 0.6 is 0 Å². The van der Waals surface area contributed by atoms with Crippen LogP contribution < -0.4 is 0 Å². The summed E-state index contributed by atoms with van der Waals surface area (Å²) >= 11 is 0. The molecule has 13 rings (SSSR count). The van der Waals surface area contributed by atoms with Crippen LogP contribution in [0, 0.1) is 0 Å². The molecular formula is C57H35N5O. The Kier molecular flexibility index (Phi) is 7.80. The van der Waals surface area contributed by atoms with Crippen molar-refractivity contribution in [1.29, 1.82) is 0 Å². The SMILES string of the molecule is c1ccc(-c2nc(-c3ccc4oc5ccccc5c4c3)nc(-n3c4ccccc4c4ccc5c6ccccc6n(-c6ccccc6-c6ccccc6-c6ccccc6)c5c43)n2)cc1. The second kappa shape index (κ2) is 14.0. The Balaban J connectivity index is 1.14. The molecule has 0 saturated carbocycles. The third kappa shape index (κ3) is 5.48. The molecule has 6 heteroatoms. The van der Waals surface area contributed by atoms with E-state index in [2.05, 4.69) is 173 Å². The standard InChI is InChI=1S/C57H35N5O/c1-3-17-36(18-4-1)39-21-7-8-22-40(39)41-23-9-13-27-48(41)61-49-28-14-10-24-42(49)45-32-33-46-43-25-11-15-29-50(43)62(54(46)53(45)61)57-59-55(37-19-5-2-6-20-37)58-56(60-57)38-31-34-52-47(35-38)44-26-12-16-30-51(44)63-52/h1-35H. The number of furan rings is 1. The molecule has 0 radical (unpaired) electrons. The highest BCUT2D eigenvalue weighted by Gasteiger charge is 2.25. The number of rotatable bonds is 6. The molecule has 294 valence electrons. The minimum atomic E-state index is 0.536. The van der Waals surface area contributed by atoms with Crippen molar-refractivity contribution in [2.24, 2.45) is 0 Å². The predicted molar refractivity (Wildman–Crippen MR) is 258 cm³/mol. The molecule has 4 heterocycles. The van der Waals surface area contributed by atoms with E-state index >= 15 is 0 Å². The van der Waals surface area contributed by atoms with Gasteiger partial charge in [0.15, 0.2) is 11.6 Å². The smallest absolute Gasteiger partial charge is 0.238 e. The first-order chi connectivity index (χ1) is 31.3. The van der Waals surface area contributed by atoms with Crippen molar-refractivity contribution in [3.63, 3.8) is 0 Å². The highest BCUT2D eigenvalue weighted by molar-refractivity contribution is 6.24. The fourth-order valence-electron chi connectivity index (χ4n) is 9.62. The van der Waals surface area contributed by atoms with E-state index in [-0.39, 0.29) is 0 Å². The summed E-state index contributed by atoms with van der Waals surface area (Å²) in [5.41, 5.74) is 13.4. The number of hydrogen-bond acceptors (Lipinski definition) is 4. The van der Waals surface area contributed by atoms with Crippen LogP contribution in [0.3, 0.4) is 0 Å². The molecule has 9 aromatic carbocycles. The van der Waals surface area contributed by atoms with Gasteiger partial charge in [-0.25, -0.2) is 4.98 Å². The molecule has 0 N–H and O–H groups in total. The number of hydrogen-bond donors (Lipinski definition) is 0. The molecule has 13 aromatic rings. The van der Waals surface area contributed by atoms with Crippen molar-refractivity contribution in [2.45, 2.75) is 0 Å². The van der Waals surface area contributed by atoms with Crippen LogP contribution in [0.2, 0.25) is 0 Å². The molecule has 0 spiro atoms. The first-order valence-corrected chi connectivity index (χ1v) is 21.2. The van der Waals surface area contributed by atoms with Crippen LogP contribution in [0.15, 0.2) is 217 Å². The highest BCUT2D eigenvalue weighted by Crippen LogP contribution is 2.44. The van der Waals surface area contributed by atoms with Gasteiger partial charge >= 0.3 is 0 Å². The average Bonchev–Trinajstić information content (AvgIpc) is 4.02. The summed E-state index contributed by atoms with van der Waals surface area (Å²) in [6.07, 6.45) is 0. The Labute approximate surface area is 361 Å². The quantitative estimate of drug-likeness (QED) is 0.168. The van der Waals surface area contributed by atoms with Gasteiger partial charge < -0.3 is 8.98 Å². The van der Waals surface area contributed by atoms with Gasteiger partial charge in [-0.15, -0.1) is 0 Å². The van der Waals surface area contributed by atoms with Crippen molar-refractivity contribution in [2.75, 3.05) is 0 Å². The van der Waals surface area contributed by atoms with E-state index in [0.717, 1.165) is 88.1 Å². The minimum absolute atomic E-state index is 0.536. The Morgan fingerprint density at radius 2 is 0.841 bits per heavy atom. The van der Waals surface area contributed by atoms with Crippen molar-refractivity contribution in [1.82, 2.24) is 24.1 Å². The second-order valence-electron chi connectivity index (χ2n) is 15.9. The molecule has 0 fully saturated rings. The van der Waals surface area contributed by atoms with Crippen molar-refractivity contribution < 1.29 is 4.42 Å².